The number of halogens is 2. The van der Waals surface area contributed by atoms with Gasteiger partial charge in [0.2, 0.25) is 0 Å². The Labute approximate surface area is 173 Å². The fourth-order valence-corrected chi connectivity index (χ4v) is 2.40. The molecule has 4 nitrogen and oxygen atoms in total. The zero-order valence-electron chi connectivity index (χ0n) is 15.9. The van der Waals surface area contributed by atoms with Crippen LogP contribution in [0.4, 0.5) is 13.6 Å². The molecule has 0 saturated carbocycles. The molecule has 0 bridgehead atoms. The molecule has 1 N–H and O–H groups in total. The van der Waals surface area contributed by atoms with Crippen molar-refractivity contribution < 1.29 is 18.3 Å². The van der Waals surface area contributed by atoms with Crippen molar-refractivity contribution in [2.24, 2.45) is 0 Å². The average Bonchev–Trinajstić information content (AvgIpc) is 3.22. The predicted octanol–water partition coefficient (Wildman–Crippen LogP) is 4.48. The number of aromatic nitrogens is 1. The fraction of sp³-hybridized carbons (Fsp3) is 0.0833. The van der Waals surface area contributed by atoms with Gasteiger partial charge in [0.1, 0.15) is 17.7 Å². The van der Waals surface area contributed by atoms with Gasteiger partial charge < -0.3 is 10.1 Å². The molecule has 0 unspecified atom stereocenters. The van der Waals surface area contributed by atoms with Crippen LogP contribution in [0.1, 0.15) is 22.8 Å². The molecule has 30 heavy (non-hydrogen) atoms. The molecule has 1 aromatic heterocycles. The maximum absolute atomic E-state index is 12.8. The summed E-state index contributed by atoms with van der Waals surface area (Å²) in [6, 6.07) is 15.8. The van der Waals surface area contributed by atoms with Gasteiger partial charge in [0.25, 0.3) is 0 Å². The summed E-state index contributed by atoms with van der Waals surface area (Å²) in [4.78, 5) is 14.6. The maximum Gasteiger partial charge on any atom is 0.407 e. The number of amides is 1. The summed E-state index contributed by atoms with van der Waals surface area (Å²) in [6.07, 6.45) is 10.6. The third-order valence-electron chi connectivity index (χ3n) is 3.78. The molecule has 150 valence electrons. The summed E-state index contributed by atoms with van der Waals surface area (Å²) in [5.74, 6) is 5.26. The third kappa shape index (κ3) is 7.10. The second kappa shape index (κ2) is 11.6. The highest BCUT2D eigenvalue weighted by molar-refractivity contribution is 5.69. The highest BCUT2D eigenvalue weighted by atomic mass is 19.1. The van der Waals surface area contributed by atoms with E-state index in [1.807, 2.05) is 12.1 Å². The molecule has 4 rings (SSSR count). The number of nitrogens with one attached hydrogen (secondary N) is 1. The molecule has 1 aliphatic heterocycles. The quantitative estimate of drug-likeness (QED) is 0.609. The summed E-state index contributed by atoms with van der Waals surface area (Å²) in [5.41, 5.74) is 2.35. The van der Waals surface area contributed by atoms with Crippen LogP contribution in [0.5, 0.6) is 0 Å². The van der Waals surface area contributed by atoms with Crippen LogP contribution in [0.15, 0.2) is 73.1 Å². The predicted molar refractivity (Wildman–Crippen MR) is 110 cm³/mol. The van der Waals surface area contributed by atoms with Crippen molar-refractivity contribution in [3.8, 4) is 24.7 Å². The lowest BCUT2D eigenvalue weighted by Crippen LogP contribution is -2.12. The summed E-state index contributed by atoms with van der Waals surface area (Å²) < 4.78 is 30.3. The van der Waals surface area contributed by atoms with Crippen molar-refractivity contribution >= 4 is 6.09 Å². The second-order valence-corrected chi connectivity index (χ2v) is 5.82. The van der Waals surface area contributed by atoms with Crippen molar-refractivity contribution in [2.75, 3.05) is 6.54 Å². The average molecular weight is 404 g/mol. The van der Waals surface area contributed by atoms with Gasteiger partial charge in [0.05, 0.1) is 6.54 Å². The van der Waals surface area contributed by atoms with Crippen molar-refractivity contribution in [2.45, 2.75) is 6.10 Å². The molecule has 1 saturated heterocycles. The molecule has 2 heterocycles. The molecule has 1 amide bonds. The Morgan fingerprint density at radius 1 is 0.933 bits per heavy atom. The van der Waals surface area contributed by atoms with Gasteiger partial charge in [-0.05, 0) is 48.0 Å². The van der Waals surface area contributed by atoms with E-state index in [0.717, 1.165) is 11.1 Å². The first kappa shape index (κ1) is 22.1. The Balaban J connectivity index is 0.000000199. The number of carbonyl (C=O) groups excluding carboxylic acids is 1. The number of terminal acetylenes is 1. The molecule has 1 aliphatic rings. The van der Waals surface area contributed by atoms with Crippen molar-refractivity contribution in [3.05, 3.63) is 101 Å². The molecule has 3 aromatic rings. The Hall–Kier alpha value is -4.16. The number of hydrogen-bond acceptors (Lipinski definition) is 3. The van der Waals surface area contributed by atoms with Gasteiger partial charge in [0, 0.05) is 23.5 Å². The van der Waals surface area contributed by atoms with Crippen molar-refractivity contribution in [3.63, 3.8) is 0 Å². The number of cyclic esters (lactones) is 1. The van der Waals surface area contributed by atoms with Crippen LogP contribution in [-0.2, 0) is 4.74 Å². The number of carbonyl (C=O) groups is 1. The maximum atomic E-state index is 12.8. The fourth-order valence-electron chi connectivity index (χ4n) is 2.40. The number of hydrogen-bond donors (Lipinski definition) is 1. The minimum atomic E-state index is -0.422. The van der Waals surface area contributed by atoms with Gasteiger partial charge in [-0.3, -0.25) is 4.98 Å². The number of benzene rings is 2. The molecule has 1 fully saturated rings. The van der Waals surface area contributed by atoms with Gasteiger partial charge in [-0.25, -0.2) is 13.6 Å². The molecule has 0 aliphatic carbocycles. The van der Waals surface area contributed by atoms with Crippen LogP contribution in [0.3, 0.4) is 0 Å². The Kier molecular flexibility index (Phi) is 8.58. The van der Waals surface area contributed by atoms with Crippen LogP contribution in [0.2, 0.25) is 0 Å². The van der Waals surface area contributed by atoms with Crippen molar-refractivity contribution in [1.82, 2.24) is 10.3 Å². The van der Waals surface area contributed by atoms with Crippen LogP contribution in [0.25, 0.3) is 0 Å². The number of nitrogens with zero attached hydrogens (tertiary/aromatic N) is 1. The van der Waals surface area contributed by atoms with E-state index in [1.54, 1.807) is 36.7 Å². The van der Waals surface area contributed by atoms with E-state index in [9.17, 15) is 13.6 Å². The minimum Gasteiger partial charge on any atom is -0.439 e. The summed E-state index contributed by atoms with van der Waals surface area (Å²) in [7, 11) is 0. The first-order chi connectivity index (χ1) is 14.6. The second-order valence-electron chi connectivity index (χ2n) is 5.82. The lowest BCUT2D eigenvalue weighted by Gasteiger charge is -2.06. The van der Waals surface area contributed by atoms with Crippen LogP contribution in [-0.4, -0.2) is 17.6 Å². The van der Waals surface area contributed by atoms with Crippen LogP contribution >= 0.6 is 0 Å². The molecule has 6 heteroatoms. The minimum absolute atomic E-state index is 0.267. The highest BCUT2D eigenvalue weighted by Crippen LogP contribution is 2.20. The Morgan fingerprint density at radius 3 is 2.20 bits per heavy atom. The molecular weight excluding hydrogens is 386 g/mol. The summed E-state index contributed by atoms with van der Waals surface area (Å²) in [5, 5.41) is 2.53. The zero-order chi connectivity index (χ0) is 21.8. The van der Waals surface area contributed by atoms with E-state index in [-0.39, 0.29) is 17.7 Å². The van der Waals surface area contributed by atoms with E-state index in [4.69, 9.17) is 4.74 Å². The van der Waals surface area contributed by atoms with E-state index in [2.05, 4.69) is 35.0 Å². The molecule has 2 aromatic carbocycles. The van der Waals surface area contributed by atoms with E-state index < -0.39 is 6.09 Å². The summed E-state index contributed by atoms with van der Waals surface area (Å²) >= 11 is 0. The SMILES string of the molecule is C#C.Fc1cccc(C#Cc2ccncc2)c1.O=C1NC[C@H](c2ccc(F)cc2)O1. The lowest BCUT2D eigenvalue weighted by atomic mass is 10.1. The Morgan fingerprint density at radius 2 is 1.60 bits per heavy atom. The van der Waals surface area contributed by atoms with Crippen LogP contribution in [0, 0.1) is 36.3 Å². The third-order valence-corrected chi connectivity index (χ3v) is 3.78. The van der Waals surface area contributed by atoms with E-state index >= 15 is 0 Å². The van der Waals surface area contributed by atoms with Gasteiger partial charge >= 0.3 is 6.09 Å². The smallest absolute Gasteiger partial charge is 0.407 e. The standard InChI is InChI=1S/C13H8FN.C9H8FNO2.C2H2/c14-13-3-1-2-12(10-13)5-4-11-6-8-15-9-7-11;10-7-3-1-6(2-4-7)8-5-11-9(12)13-8;1-2/h1-3,6-10H;1-4,8H,5H2,(H,11,12);1-2H/t;8-;/m.1./s1. The molecular formula is C24H18F2N2O2. The van der Waals surface area contributed by atoms with Gasteiger partial charge in [-0.1, -0.05) is 30.0 Å². The number of alkyl carbamates (subject to hydrolysis) is 1. The normalized spacial score (nSPS) is 13.7. The molecule has 0 radical (unpaired) electrons. The monoisotopic (exact) mass is 404 g/mol. The number of rotatable bonds is 1. The molecule has 1 atom stereocenters. The van der Waals surface area contributed by atoms with Gasteiger partial charge in [-0.2, -0.15) is 0 Å². The van der Waals surface area contributed by atoms with E-state index in [1.165, 1.54) is 24.3 Å². The number of ether oxygens (including phenoxy) is 1. The topological polar surface area (TPSA) is 51.2 Å². The first-order valence-electron chi connectivity index (χ1n) is 8.81. The van der Waals surface area contributed by atoms with Crippen molar-refractivity contribution in [1.29, 1.82) is 0 Å². The number of pyridine rings is 1. The van der Waals surface area contributed by atoms with Gasteiger partial charge in [-0.15, -0.1) is 12.8 Å². The van der Waals surface area contributed by atoms with E-state index in [0.29, 0.717) is 12.1 Å². The van der Waals surface area contributed by atoms with Crippen LogP contribution < -0.4 is 5.32 Å². The summed E-state index contributed by atoms with van der Waals surface area (Å²) in [6.45, 7) is 0.449. The highest BCUT2D eigenvalue weighted by Gasteiger charge is 2.23. The first-order valence-corrected chi connectivity index (χ1v) is 8.81. The molecule has 0 spiro atoms. The lowest BCUT2D eigenvalue weighted by molar-refractivity contribution is 0.141. The largest absolute Gasteiger partial charge is 0.439 e. The van der Waals surface area contributed by atoms with Gasteiger partial charge in [0.15, 0.2) is 0 Å². The zero-order valence-corrected chi connectivity index (χ0v) is 15.9. The Bertz CT molecular complexity index is 1040.